The van der Waals surface area contributed by atoms with Crippen LogP contribution in [0.5, 0.6) is 0 Å². The summed E-state index contributed by atoms with van der Waals surface area (Å²) >= 11 is 0. The van der Waals surface area contributed by atoms with Crippen molar-refractivity contribution in [2.75, 3.05) is 21.1 Å². The number of hydrogen-bond acceptors (Lipinski definition) is 0. The van der Waals surface area contributed by atoms with Crippen molar-refractivity contribution in [3.05, 3.63) is 12.2 Å². The van der Waals surface area contributed by atoms with E-state index in [1.54, 1.807) is 0 Å². The molecule has 0 heterocycles. The van der Waals surface area contributed by atoms with Crippen LogP contribution in [-0.4, -0.2) is 31.2 Å². The molecule has 1 aliphatic rings. The van der Waals surface area contributed by atoms with E-state index >= 15 is 0 Å². The fraction of sp³-hybridized carbons (Fsp3) is 0.846. The van der Waals surface area contributed by atoms with Crippen LogP contribution in [-0.2, 0) is 0 Å². The molecule has 0 aromatic carbocycles. The van der Waals surface area contributed by atoms with Gasteiger partial charge in [0.15, 0.2) is 0 Å². The third-order valence-corrected chi connectivity index (χ3v) is 3.84. The van der Waals surface area contributed by atoms with Crippen LogP contribution in [0.4, 0.5) is 0 Å². The zero-order valence-electron chi connectivity index (χ0n) is 10.5. The molecule has 0 saturated heterocycles. The van der Waals surface area contributed by atoms with E-state index in [1.807, 2.05) is 0 Å². The van der Waals surface area contributed by atoms with Crippen molar-refractivity contribution in [2.24, 2.45) is 5.92 Å². The second-order valence-corrected chi connectivity index (χ2v) is 6.01. The van der Waals surface area contributed by atoms with Crippen LogP contribution in [0, 0.1) is 5.92 Å². The molecule has 0 aliphatic heterocycles. The van der Waals surface area contributed by atoms with Crippen molar-refractivity contribution in [3.63, 3.8) is 0 Å². The number of hydrogen-bond donors (Lipinski definition) is 0. The molecule has 0 radical (unpaired) electrons. The highest BCUT2D eigenvalue weighted by Crippen LogP contribution is 2.32. The molecule has 1 aliphatic carbocycles. The number of nitrogens with zero attached hydrogens (tertiary/aromatic N) is 1. The Kier molecular flexibility index (Phi) is 3.41. The van der Waals surface area contributed by atoms with Crippen molar-refractivity contribution in [3.8, 4) is 0 Å². The molecule has 14 heavy (non-hydrogen) atoms. The summed E-state index contributed by atoms with van der Waals surface area (Å²) in [6, 6.07) is 0. The summed E-state index contributed by atoms with van der Waals surface area (Å²) in [4.78, 5) is 0. The number of quaternary nitrogens is 1. The topological polar surface area (TPSA) is 0 Å². The SMILES string of the molecule is CC1CCCC=CC(C)([N+](C)(C)C)C1. The molecule has 1 heteroatoms. The summed E-state index contributed by atoms with van der Waals surface area (Å²) in [5.41, 5.74) is 0.319. The average molecular weight is 196 g/mol. The molecule has 1 nitrogen and oxygen atoms in total. The van der Waals surface area contributed by atoms with Crippen LogP contribution in [0.2, 0.25) is 0 Å². The van der Waals surface area contributed by atoms with E-state index in [4.69, 9.17) is 0 Å². The van der Waals surface area contributed by atoms with E-state index in [2.05, 4.69) is 47.1 Å². The minimum atomic E-state index is 0.319. The van der Waals surface area contributed by atoms with Gasteiger partial charge in [0.25, 0.3) is 0 Å². The van der Waals surface area contributed by atoms with Gasteiger partial charge in [0.1, 0.15) is 5.54 Å². The fourth-order valence-electron chi connectivity index (χ4n) is 2.29. The van der Waals surface area contributed by atoms with Gasteiger partial charge in [0.2, 0.25) is 0 Å². The van der Waals surface area contributed by atoms with Crippen molar-refractivity contribution in [1.29, 1.82) is 0 Å². The predicted octanol–water partition coefficient (Wildman–Crippen LogP) is 3.22. The molecule has 0 saturated carbocycles. The molecule has 0 aromatic heterocycles. The largest absolute Gasteiger partial charge is 0.323 e. The second kappa shape index (κ2) is 4.06. The van der Waals surface area contributed by atoms with Gasteiger partial charge in [-0.15, -0.1) is 0 Å². The molecular weight excluding hydrogens is 170 g/mol. The lowest BCUT2D eigenvalue weighted by molar-refractivity contribution is -0.914. The molecular formula is C13H26N+. The van der Waals surface area contributed by atoms with Gasteiger partial charge in [0, 0.05) is 6.42 Å². The minimum Gasteiger partial charge on any atom is -0.323 e. The Morgan fingerprint density at radius 2 is 1.93 bits per heavy atom. The quantitative estimate of drug-likeness (QED) is 0.446. The zero-order valence-corrected chi connectivity index (χ0v) is 10.5. The van der Waals surface area contributed by atoms with E-state index < -0.39 is 0 Å². The Hall–Kier alpha value is -0.300. The Balaban J connectivity index is 2.87. The Morgan fingerprint density at radius 3 is 2.50 bits per heavy atom. The van der Waals surface area contributed by atoms with Crippen LogP contribution in [0.3, 0.4) is 0 Å². The summed E-state index contributed by atoms with van der Waals surface area (Å²) < 4.78 is 1.04. The van der Waals surface area contributed by atoms with E-state index in [0.717, 1.165) is 10.4 Å². The van der Waals surface area contributed by atoms with Crippen molar-refractivity contribution >= 4 is 0 Å². The number of rotatable bonds is 1. The van der Waals surface area contributed by atoms with Gasteiger partial charge in [-0.3, -0.25) is 0 Å². The van der Waals surface area contributed by atoms with Crippen LogP contribution in [0.1, 0.15) is 39.5 Å². The summed E-state index contributed by atoms with van der Waals surface area (Å²) in [5, 5.41) is 0. The standard InChI is InChI=1S/C13H26N/c1-12-9-7-6-8-10-13(2,11-12)14(3,4)5/h8,10,12H,6-7,9,11H2,1-5H3/q+1. The first-order chi connectivity index (χ1) is 6.35. The molecule has 2 atom stereocenters. The average Bonchev–Trinajstić information content (AvgIpc) is 1.98. The molecule has 1 rings (SSSR count). The maximum absolute atomic E-state index is 2.45. The van der Waals surface area contributed by atoms with Crippen molar-refractivity contribution in [1.82, 2.24) is 0 Å². The highest BCUT2D eigenvalue weighted by atomic mass is 15.3. The van der Waals surface area contributed by atoms with Gasteiger partial charge in [0.05, 0.1) is 21.1 Å². The fourth-order valence-corrected chi connectivity index (χ4v) is 2.29. The van der Waals surface area contributed by atoms with Crippen molar-refractivity contribution in [2.45, 2.75) is 45.1 Å². The Bertz CT molecular complexity index is 212. The molecule has 82 valence electrons. The summed E-state index contributed by atoms with van der Waals surface area (Å²) in [7, 11) is 6.91. The summed E-state index contributed by atoms with van der Waals surface area (Å²) in [6.07, 6.45) is 10.2. The second-order valence-electron chi connectivity index (χ2n) is 6.01. The van der Waals surface area contributed by atoms with Gasteiger partial charge >= 0.3 is 0 Å². The molecule has 0 fully saturated rings. The first-order valence-corrected chi connectivity index (χ1v) is 5.84. The van der Waals surface area contributed by atoms with E-state index in [1.165, 1.54) is 25.7 Å². The van der Waals surface area contributed by atoms with Crippen LogP contribution in [0.25, 0.3) is 0 Å². The lowest BCUT2D eigenvalue weighted by Gasteiger charge is -2.44. The monoisotopic (exact) mass is 196 g/mol. The summed E-state index contributed by atoms with van der Waals surface area (Å²) in [6.45, 7) is 4.79. The molecule has 0 bridgehead atoms. The molecule has 0 amide bonds. The smallest absolute Gasteiger partial charge is 0.115 e. The maximum atomic E-state index is 2.45. The van der Waals surface area contributed by atoms with Crippen molar-refractivity contribution < 1.29 is 4.48 Å². The summed E-state index contributed by atoms with van der Waals surface area (Å²) in [5.74, 6) is 0.863. The van der Waals surface area contributed by atoms with E-state index in [-0.39, 0.29) is 0 Å². The third-order valence-electron chi connectivity index (χ3n) is 3.84. The van der Waals surface area contributed by atoms with Crippen LogP contribution >= 0.6 is 0 Å². The number of likely N-dealkylation sites (N-methyl/N-ethyl adjacent to an activating group) is 1. The zero-order chi connectivity index (χ0) is 10.8. The van der Waals surface area contributed by atoms with Gasteiger partial charge in [-0.2, -0.15) is 0 Å². The Labute approximate surface area is 89.4 Å². The van der Waals surface area contributed by atoms with Gasteiger partial charge < -0.3 is 4.48 Å². The lowest BCUT2D eigenvalue weighted by Crippen LogP contribution is -2.54. The number of allylic oxidation sites excluding steroid dienone is 1. The van der Waals surface area contributed by atoms with Gasteiger partial charge in [-0.1, -0.05) is 19.4 Å². The van der Waals surface area contributed by atoms with Gasteiger partial charge in [-0.05, 0) is 31.8 Å². The lowest BCUT2D eigenvalue weighted by atomic mass is 9.82. The van der Waals surface area contributed by atoms with E-state index in [0.29, 0.717) is 5.54 Å². The highest BCUT2D eigenvalue weighted by Gasteiger charge is 2.36. The Morgan fingerprint density at radius 1 is 1.29 bits per heavy atom. The van der Waals surface area contributed by atoms with Crippen LogP contribution < -0.4 is 0 Å². The van der Waals surface area contributed by atoms with Gasteiger partial charge in [-0.25, -0.2) is 0 Å². The minimum absolute atomic E-state index is 0.319. The molecule has 0 N–H and O–H groups in total. The molecule has 0 aromatic rings. The third kappa shape index (κ3) is 2.60. The first-order valence-electron chi connectivity index (χ1n) is 5.84. The molecule has 2 unspecified atom stereocenters. The normalized spacial score (nSPS) is 35.1. The predicted molar refractivity (Wildman–Crippen MR) is 63.2 cm³/mol. The first kappa shape index (κ1) is 11.8. The maximum Gasteiger partial charge on any atom is 0.115 e. The molecule has 0 spiro atoms. The highest BCUT2D eigenvalue weighted by molar-refractivity contribution is 5.01. The van der Waals surface area contributed by atoms with Crippen LogP contribution in [0.15, 0.2) is 12.2 Å². The van der Waals surface area contributed by atoms with E-state index in [9.17, 15) is 0 Å².